The average Bonchev–Trinajstić information content (AvgIpc) is 3.01. The summed E-state index contributed by atoms with van der Waals surface area (Å²) in [5, 5.41) is 0. The fourth-order valence-corrected chi connectivity index (χ4v) is 5.60. The molecule has 0 fully saturated rings. The fourth-order valence-electron chi connectivity index (χ4n) is 2.22. The highest BCUT2D eigenvalue weighted by Gasteiger charge is 2.26. The first-order valence-corrected chi connectivity index (χ1v) is 10.6. The molecule has 0 saturated heterocycles. The first-order valence-electron chi connectivity index (χ1n) is 7.61. The van der Waals surface area contributed by atoms with Gasteiger partial charge in [-0.3, -0.25) is 4.57 Å². The minimum Gasteiger partial charge on any atom is -0.409 e. The number of benzene rings is 1. The summed E-state index contributed by atoms with van der Waals surface area (Å²) in [6, 6.07) is 8.91. The van der Waals surface area contributed by atoms with Crippen molar-refractivity contribution in [2.24, 2.45) is 12.0 Å². The first kappa shape index (κ1) is 21.2. The van der Waals surface area contributed by atoms with E-state index >= 15 is 0 Å². The zero-order valence-electron chi connectivity index (χ0n) is 14.4. The maximum Gasteiger partial charge on any atom is 0.441 e. The Kier molecular flexibility index (Phi) is 5.94. The summed E-state index contributed by atoms with van der Waals surface area (Å²) in [5.74, 6) is -1.10. The van der Waals surface area contributed by atoms with Crippen LogP contribution in [0.15, 0.2) is 57.3 Å². The van der Waals surface area contributed by atoms with E-state index in [1.165, 1.54) is 12.1 Å². The molecule has 0 unspecified atom stereocenters. The second kappa shape index (κ2) is 8.11. The van der Waals surface area contributed by atoms with E-state index < -0.39 is 38.0 Å². The molecule has 0 saturated carbocycles. The van der Waals surface area contributed by atoms with Crippen LogP contribution in [-0.4, -0.2) is 23.1 Å². The van der Waals surface area contributed by atoms with Crippen LogP contribution in [0.4, 0.5) is 9.18 Å². The van der Waals surface area contributed by atoms with E-state index in [1.807, 2.05) is 0 Å². The molecule has 0 aliphatic rings. The van der Waals surface area contributed by atoms with Gasteiger partial charge in [0.25, 0.3) is 10.0 Å². The molecule has 29 heavy (non-hydrogen) atoms. The van der Waals surface area contributed by atoms with Gasteiger partial charge in [0.2, 0.25) is 0 Å². The van der Waals surface area contributed by atoms with Crippen molar-refractivity contribution in [3.63, 3.8) is 0 Å². The van der Waals surface area contributed by atoms with Gasteiger partial charge in [-0.15, -0.1) is 11.3 Å². The molecule has 0 atom stereocenters. The molecule has 0 aliphatic heterocycles. The van der Waals surface area contributed by atoms with E-state index in [2.05, 4.69) is 4.99 Å². The average molecular weight is 478 g/mol. The van der Waals surface area contributed by atoms with Crippen LogP contribution in [0, 0.1) is 5.82 Å². The standard InChI is InChI=1S/C16H10Cl2FN3O5S2/c1-21-14(20-15(23)27-9-5-3-2-4-6-9)10(19)8-22(16(21)24)29(25,26)11-7-12(17)28-13(11)18/h2-8H,1H3/b20-14+. The van der Waals surface area contributed by atoms with Crippen molar-refractivity contribution in [1.82, 2.24) is 8.54 Å². The molecule has 0 bridgehead atoms. The number of carbonyl (C=O) groups is 1. The molecule has 0 spiro atoms. The van der Waals surface area contributed by atoms with E-state index in [4.69, 9.17) is 27.9 Å². The SMILES string of the molecule is Cn1c(=O)n(S(=O)(=O)c2cc(Cl)sc2Cl)cc(F)/c1=N\C(=O)Oc1ccccc1. The number of hydrogen-bond acceptors (Lipinski definition) is 6. The highest BCUT2D eigenvalue weighted by atomic mass is 35.5. The molecule has 2 heterocycles. The lowest BCUT2D eigenvalue weighted by molar-refractivity contribution is 0.209. The number of ether oxygens (including phenoxy) is 1. The predicted octanol–water partition coefficient (Wildman–Crippen LogP) is 3.03. The van der Waals surface area contributed by atoms with Crippen LogP contribution < -0.4 is 15.9 Å². The highest BCUT2D eigenvalue weighted by molar-refractivity contribution is 7.90. The normalized spacial score (nSPS) is 12.2. The summed E-state index contributed by atoms with van der Waals surface area (Å²) in [7, 11) is -3.49. The van der Waals surface area contributed by atoms with Gasteiger partial charge in [0, 0.05) is 7.05 Å². The molecule has 1 aromatic carbocycles. The number of rotatable bonds is 3. The van der Waals surface area contributed by atoms with Crippen molar-refractivity contribution in [2.75, 3.05) is 0 Å². The van der Waals surface area contributed by atoms with Crippen LogP contribution in [0.5, 0.6) is 5.75 Å². The molecule has 152 valence electrons. The van der Waals surface area contributed by atoms with Crippen molar-refractivity contribution in [1.29, 1.82) is 0 Å². The van der Waals surface area contributed by atoms with E-state index in [0.29, 0.717) is 10.8 Å². The molecule has 13 heteroatoms. The summed E-state index contributed by atoms with van der Waals surface area (Å²) in [6.07, 6.45) is -0.799. The van der Waals surface area contributed by atoms with Crippen LogP contribution in [0.25, 0.3) is 0 Å². The van der Waals surface area contributed by atoms with E-state index in [1.54, 1.807) is 18.2 Å². The van der Waals surface area contributed by atoms with E-state index in [9.17, 15) is 22.4 Å². The first-order chi connectivity index (χ1) is 13.6. The number of thiophene rings is 1. The molecular weight excluding hydrogens is 468 g/mol. The van der Waals surface area contributed by atoms with E-state index in [-0.39, 0.29) is 18.4 Å². The molecule has 2 aromatic heterocycles. The maximum atomic E-state index is 14.5. The van der Waals surface area contributed by atoms with Gasteiger partial charge in [0.05, 0.1) is 10.5 Å². The molecule has 0 radical (unpaired) electrons. The summed E-state index contributed by atoms with van der Waals surface area (Å²) in [4.78, 5) is 27.4. The number of amides is 1. The summed E-state index contributed by atoms with van der Waals surface area (Å²) >= 11 is 12.4. The van der Waals surface area contributed by atoms with Crippen LogP contribution >= 0.6 is 34.5 Å². The van der Waals surface area contributed by atoms with Crippen molar-refractivity contribution in [2.45, 2.75) is 4.90 Å². The van der Waals surface area contributed by atoms with Gasteiger partial charge in [-0.2, -0.15) is 8.96 Å². The Morgan fingerprint density at radius 1 is 1.24 bits per heavy atom. The molecule has 3 rings (SSSR count). The minimum atomic E-state index is -4.54. The lowest BCUT2D eigenvalue weighted by Crippen LogP contribution is -2.42. The largest absolute Gasteiger partial charge is 0.441 e. The summed E-state index contributed by atoms with van der Waals surface area (Å²) in [5.41, 5.74) is -1.90. The second-order valence-electron chi connectivity index (χ2n) is 5.42. The quantitative estimate of drug-likeness (QED) is 0.576. The number of aromatic nitrogens is 2. The molecular formula is C16H10Cl2FN3O5S2. The Morgan fingerprint density at radius 3 is 2.48 bits per heavy atom. The van der Waals surface area contributed by atoms with Gasteiger partial charge in [0.15, 0.2) is 11.3 Å². The summed E-state index contributed by atoms with van der Waals surface area (Å²) < 4.78 is 45.4. The monoisotopic (exact) mass is 477 g/mol. The number of hydrogen-bond donors (Lipinski definition) is 0. The number of carbonyl (C=O) groups excluding carboxylic acids is 1. The Balaban J connectivity index is 2.08. The topological polar surface area (TPSA) is 99.7 Å². The van der Waals surface area contributed by atoms with Gasteiger partial charge in [0.1, 0.15) is 15.0 Å². The molecule has 1 amide bonds. The van der Waals surface area contributed by atoms with Gasteiger partial charge < -0.3 is 4.74 Å². The van der Waals surface area contributed by atoms with Crippen molar-refractivity contribution in [3.05, 3.63) is 73.1 Å². The Bertz CT molecular complexity index is 1330. The molecule has 0 N–H and O–H groups in total. The second-order valence-corrected chi connectivity index (χ2v) is 9.49. The summed E-state index contributed by atoms with van der Waals surface area (Å²) in [6.45, 7) is 0. The van der Waals surface area contributed by atoms with Gasteiger partial charge >= 0.3 is 11.8 Å². The molecule has 0 aliphatic carbocycles. The Labute approximate surface area is 177 Å². The van der Waals surface area contributed by atoms with Crippen LogP contribution in [0.3, 0.4) is 0 Å². The molecule has 3 aromatic rings. The minimum absolute atomic E-state index is 0.0711. The van der Waals surface area contributed by atoms with Crippen LogP contribution in [-0.2, 0) is 17.1 Å². The third-order valence-electron chi connectivity index (χ3n) is 3.55. The van der Waals surface area contributed by atoms with Crippen molar-refractivity contribution >= 4 is 50.7 Å². The number of para-hydroxylation sites is 1. The van der Waals surface area contributed by atoms with Gasteiger partial charge in [-0.05, 0) is 18.2 Å². The van der Waals surface area contributed by atoms with E-state index in [0.717, 1.165) is 24.5 Å². The van der Waals surface area contributed by atoms with Crippen molar-refractivity contribution < 1.29 is 22.3 Å². The van der Waals surface area contributed by atoms with Crippen LogP contribution in [0.2, 0.25) is 8.67 Å². The van der Waals surface area contributed by atoms with Gasteiger partial charge in [-0.25, -0.2) is 22.4 Å². The highest BCUT2D eigenvalue weighted by Crippen LogP contribution is 2.34. The van der Waals surface area contributed by atoms with Crippen LogP contribution in [0.1, 0.15) is 0 Å². The van der Waals surface area contributed by atoms with Crippen molar-refractivity contribution in [3.8, 4) is 5.75 Å². The van der Waals surface area contributed by atoms with Gasteiger partial charge in [-0.1, -0.05) is 41.4 Å². The smallest absolute Gasteiger partial charge is 0.409 e. The Morgan fingerprint density at radius 2 is 1.90 bits per heavy atom. The lowest BCUT2D eigenvalue weighted by atomic mass is 10.3. The zero-order valence-corrected chi connectivity index (χ0v) is 17.5. The molecule has 8 nitrogen and oxygen atoms in total. The third-order valence-corrected chi connectivity index (χ3v) is 6.93. The maximum absolute atomic E-state index is 14.5. The zero-order chi connectivity index (χ0) is 21.3. The Hall–Kier alpha value is -2.47. The fraction of sp³-hybridized carbons (Fsp3) is 0.0625. The number of nitrogens with zero attached hydrogens (tertiary/aromatic N) is 3. The predicted molar refractivity (Wildman–Crippen MR) is 105 cm³/mol. The lowest BCUT2D eigenvalue weighted by Gasteiger charge is -2.09. The third kappa shape index (κ3) is 4.27. The number of halogens is 3.